The van der Waals surface area contributed by atoms with Gasteiger partial charge in [-0.1, -0.05) is 43.9 Å². The van der Waals surface area contributed by atoms with Crippen molar-refractivity contribution in [1.82, 2.24) is 5.32 Å². The summed E-state index contributed by atoms with van der Waals surface area (Å²) in [6.45, 7) is 3.21. The molecule has 0 unspecified atom stereocenters. The number of nitrogens with zero attached hydrogens (tertiary/aromatic N) is 1. The molecule has 4 nitrogen and oxygen atoms in total. The molecule has 0 saturated heterocycles. The largest absolute Gasteiger partial charge is 0.494 e. The van der Waals surface area contributed by atoms with Gasteiger partial charge in [0, 0.05) is 11.6 Å². The van der Waals surface area contributed by atoms with Gasteiger partial charge < -0.3 is 15.8 Å². The van der Waals surface area contributed by atoms with Crippen molar-refractivity contribution in [2.45, 2.75) is 58.0 Å². The van der Waals surface area contributed by atoms with Gasteiger partial charge in [-0.2, -0.15) is 0 Å². The van der Waals surface area contributed by atoms with Crippen molar-refractivity contribution in [2.75, 3.05) is 6.61 Å². The van der Waals surface area contributed by atoms with Gasteiger partial charge in [-0.25, -0.2) is 4.99 Å². The molecule has 2 rings (SSSR count). The Hall–Kier alpha value is -0.980. The molecule has 1 saturated carbocycles. The van der Waals surface area contributed by atoms with Crippen LogP contribution >= 0.6 is 24.0 Å². The maximum Gasteiger partial charge on any atom is 0.189 e. The summed E-state index contributed by atoms with van der Waals surface area (Å²) in [4.78, 5) is 4.47. The number of ether oxygens (including phenoxy) is 1. The molecule has 0 heterocycles. The first-order valence-corrected chi connectivity index (χ1v) is 8.06. The van der Waals surface area contributed by atoms with Crippen molar-refractivity contribution < 1.29 is 4.74 Å². The van der Waals surface area contributed by atoms with Gasteiger partial charge in [-0.15, -0.1) is 24.0 Å². The molecule has 0 atom stereocenters. The van der Waals surface area contributed by atoms with Gasteiger partial charge in [0.1, 0.15) is 5.75 Å². The highest BCUT2D eigenvalue weighted by Gasteiger charge is 2.12. The number of benzene rings is 1. The number of rotatable bonds is 5. The summed E-state index contributed by atoms with van der Waals surface area (Å²) >= 11 is 0. The number of nitrogens with one attached hydrogen (secondary N) is 1. The third-order valence-corrected chi connectivity index (χ3v) is 3.90. The zero-order valence-electron chi connectivity index (χ0n) is 13.4. The van der Waals surface area contributed by atoms with Crippen molar-refractivity contribution >= 4 is 29.9 Å². The molecule has 5 heteroatoms. The van der Waals surface area contributed by atoms with Crippen LogP contribution < -0.4 is 15.8 Å². The summed E-state index contributed by atoms with van der Waals surface area (Å²) in [5.74, 6) is 1.44. The number of guanidine groups is 1. The molecule has 1 aromatic rings. The first-order valence-electron chi connectivity index (χ1n) is 8.06. The zero-order valence-corrected chi connectivity index (χ0v) is 15.7. The summed E-state index contributed by atoms with van der Waals surface area (Å²) < 4.78 is 5.61. The van der Waals surface area contributed by atoms with Gasteiger partial charge in [-0.3, -0.25) is 0 Å². The third-order valence-electron chi connectivity index (χ3n) is 3.90. The van der Waals surface area contributed by atoms with Crippen molar-refractivity contribution in [3.8, 4) is 5.75 Å². The topological polar surface area (TPSA) is 59.6 Å². The SMILES string of the molecule is CCOc1ccccc1CN=C(N)NC1CCCCCC1.I. The predicted octanol–water partition coefficient (Wildman–Crippen LogP) is 3.83. The van der Waals surface area contributed by atoms with E-state index >= 15 is 0 Å². The summed E-state index contributed by atoms with van der Waals surface area (Å²) in [6.07, 6.45) is 7.67. The van der Waals surface area contributed by atoms with Gasteiger partial charge in [0.25, 0.3) is 0 Å². The average Bonchev–Trinajstić information content (AvgIpc) is 2.75. The molecular weight excluding hydrogens is 389 g/mol. The maximum absolute atomic E-state index is 6.03. The molecule has 0 aliphatic heterocycles. The monoisotopic (exact) mass is 417 g/mol. The number of nitrogens with two attached hydrogens (primary N) is 1. The molecule has 0 radical (unpaired) electrons. The maximum atomic E-state index is 6.03. The molecule has 1 aliphatic carbocycles. The summed E-state index contributed by atoms with van der Waals surface area (Å²) in [7, 11) is 0. The van der Waals surface area contributed by atoms with E-state index < -0.39 is 0 Å². The van der Waals surface area contributed by atoms with Crippen LogP contribution in [0, 0.1) is 0 Å². The van der Waals surface area contributed by atoms with E-state index in [1.807, 2.05) is 31.2 Å². The number of hydrogen-bond acceptors (Lipinski definition) is 2. The van der Waals surface area contributed by atoms with E-state index in [9.17, 15) is 0 Å². The summed E-state index contributed by atoms with van der Waals surface area (Å²) in [6, 6.07) is 8.48. The van der Waals surface area contributed by atoms with Gasteiger partial charge in [0.2, 0.25) is 0 Å². The standard InChI is InChI=1S/C17H27N3O.HI/c1-2-21-16-12-8-7-9-14(16)13-19-17(18)20-15-10-5-3-4-6-11-15;/h7-9,12,15H,2-6,10-11,13H2,1H3,(H3,18,19,20);1H. The van der Waals surface area contributed by atoms with Gasteiger partial charge in [0.15, 0.2) is 5.96 Å². The molecule has 0 amide bonds. The highest BCUT2D eigenvalue weighted by atomic mass is 127. The normalized spacial score (nSPS) is 16.5. The minimum Gasteiger partial charge on any atom is -0.494 e. The Bertz CT molecular complexity index is 457. The molecule has 1 aromatic carbocycles. The Morgan fingerprint density at radius 3 is 2.59 bits per heavy atom. The van der Waals surface area contributed by atoms with Gasteiger partial charge >= 0.3 is 0 Å². The van der Waals surface area contributed by atoms with E-state index in [0.29, 0.717) is 25.2 Å². The Kier molecular flexibility index (Phi) is 9.27. The first kappa shape index (κ1) is 19.1. The quantitative estimate of drug-likeness (QED) is 0.331. The van der Waals surface area contributed by atoms with Crippen LogP contribution in [-0.2, 0) is 6.54 Å². The third kappa shape index (κ3) is 6.42. The fourth-order valence-electron chi connectivity index (χ4n) is 2.78. The highest BCUT2D eigenvalue weighted by Crippen LogP contribution is 2.19. The fraction of sp³-hybridized carbons (Fsp3) is 0.588. The van der Waals surface area contributed by atoms with Crippen LogP contribution in [0.25, 0.3) is 0 Å². The average molecular weight is 417 g/mol. The second-order valence-corrected chi connectivity index (χ2v) is 5.58. The van der Waals surface area contributed by atoms with Crippen LogP contribution in [0.2, 0.25) is 0 Å². The van der Waals surface area contributed by atoms with Crippen molar-refractivity contribution in [3.05, 3.63) is 29.8 Å². The van der Waals surface area contributed by atoms with Gasteiger partial charge in [0.05, 0.1) is 13.2 Å². The second kappa shape index (κ2) is 10.7. The lowest BCUT2D eigenvalue weighted by atomic mass is 10.1. The van der Waals surface area contributed by atoms with Crippen molar-refractivity contribution in [3.63, 3.8) is 0 Å². The van der Waals surface area contributed by atoms with Crippen molar-refractivity contribution in [1.29, 1.82) is 0 Å². The van der Waals surface area contributed by atoms with E-state index in [1.165, 1.54) is 38.5 Å². The van der Waals surface area contributed by atoms with Crippen molar-refractivity contribution in [2.24, 2.45) is 10.7 Å². The molecule has 3 N–H and O–H groups in total. The Labute approximate surface area is 150 Å². The number of para-hydroxylation sites is 1. The summed E-state index contributed by atoms with van der Waals surface area (Å²) in [5, 5.41) is 3.37. The predicted molar refractivity (Wildman–Crippen MR) is 103 cm³/mol. The van der Waals surface area contributed by atoms with E-state index in [0.717, 1.165) is 11.3 Å². The minimum absolute atomic E-state index is 0. The van der Waals surface area contributed by atoms with Crippen LogP contribution in [0.3, 0.4) is 0 Å². The van der Waals surface area contributed by atoms with Crippen LogP contribution in [-0.4, -0.2) is 18.6 Å². The highest BCUT2D eigenvalue weighted by molar-refractivity contribution is 14.0. The lowest BCUT2D eigenvalue weighted by Gasteiger charge is -2.16. The molecule has 0 aromatic heterocycles. The van der Waals surface area contributed by atoms with Crippen LogP contribution in [0.4, 0.5) is 0 Å². The molecule has 22 heavy (non-hydrogen) atoms. The van der Waals surface area contributed by atoms with Crippen LogP contribution in [0.1, 0.15) is 51.0 Å². The van der Waals surface area contributed by atoms with E-state index in [1.54, 1.807) is 0 Å². The Balaban J connectivity index is 0.00000242. The molecular formula is C17H28IN3O. The molecule has 1 fully saturated rings. The molecule has 0 bridgehead atoms. The molecule has 124 valence electrons. The van der Waals surface area contributed by atoms with E-state index in [-0.39, 0.29) is 24.0 Å². The lowest BCUT2D eigenvalue weighted by Crippen LogP contribution is -2.39. The molecule has 0 spiro atoms. The fourth-order valence-corrected chi connectivity index (χ4v) is 2.78. The lowest BCUT2D eigenvalue weighted by molar-refractivity contribution is 0.336. The molecule has 1 aliphatic rings. The summed E-state index contributed by atoms with van der Waals surface area (Å²) in [5.41, 5.74) is 7.10. The number of aliphatic imine (C=N–C) groups is 1. The van der Waals surface area contributed by atoms with E-state index in [4.69, 9.17) is 10.5 Å². The van der Waals surface area contributed by atoms with E-state index in [2.05, 4.69) is 10.3 Å². The van der Waals surface area contributed by atoms with Gasteiger partial charge in [-0.05, 0) is 25.8 Å². The smallest absolute Gasteiger partial charge is 0.189 e. The minimum atomic E-state index is 0. The van der Waals surface area contributed by atoms with Crippen LogP contribution in [0.15, 0.2) is 29.3 Å². The zero-order chi connectivity index (χ0) is 14.9. The number of hydrogen-bond donors (Lipinski definition) is 2. The Morgan fingerprint density at radius 1 is 1.23 bits per heavy atom. The first-order chi connectivity index (χ1) is 10.3. The van der Waals surface area contributed by atoms with Crippen LogP contribution in [0.5, 0.6) is 5.75 Å². The number of halogens is 1. The Morgan fingerprint density at radius 2 is 1.91 bits per heavy atom. The second-order valence-electron chi connectivity index (χ2n) is 5.58.